The number of ether oxygens (including phenoxy) is 1. The van der Waals surface area contributed by atoms with E-state index < -0.39 is 29.3 Å². The third-order valence-corrected chi connectivity index (χ3v) is 2.48. The maximum Gasteiger partial charge on any atom is 0.422 e. The Labute approximate surface area is 123 Å². The first-order chi connectivity index (χ1) is 10.2. The molecule has 122 valence electrons. The van der Waals surface area contributed by atoms with Crippen molar-refractivity contribution in [3.8, 4) is 5.75 Å². The molecule has 22 heavy (non-hydrogen) atoms. The fraction of sp³-hybridized carbons (Fsp3) is 0.417. The van der Waals surface area contributed by atoms with Crippen LogP contribution in [-0.4, -0.2) is 36.7 Å². The number of benzene rings is 1. The van der Waals surface area contributed by atoms with Crippen LogP contribution in [0.15, 0.2) is 18.2 Å². The number of nitrogens with one attached hydrogen (secondary N) is 1. The van der Waals surface area contributed by atoms with Gasteiger partial charge in [-0.3, -0.25) is 14.9 Å². The number of alkyl halides is 3. The number of nitrogens with two attached hydrogens (primary N) is 1. The summed E-state index contributed by atoms with van der Waals surface area (Å²) in [6, 6.07) is 2.83. The summed E-state index contributed by atoms with van der Waals surface area (Å²) in [6.07, 6.45) is -4.09. The van der Waals surface area contributed by atoms with Crippen LogP contribution in [0.2, 0.25) is 0 Å². The van der Waals surface area contributed by atoms with Crippen LogP contribution in [-0.2, 0) is 0 Å². The second-order valence-electron chi connectivity index (χ2n) is 4.24. The number of hydrogen-bond acceptors (Lipinski definition) is 5. The van der Waals surface area contributed by atoms with Crippen molar-refractivity contribution in [3.63, 3.8) is 0 Å². The number of nitro benzene ring substituents is 1. The highest BCUT2D eigenvalue weighted by molar-refractivity contribution is 5.98. The molecule has 0 atom stereocenters. The number of carbonyl (C=O) groups excluding carboxylic acids is 1. The summed E-state index contributed by atoms with van der Waals surface area (Å²) in [5, 5.41) is 13.3. The normalized spacial score (nSPS) is 11.1. The largest absolute Gasteiger partial charge is 0.484 e. The van der Waals surface area contributed by atoms with Gasteiger partial charge in [0.05, 0.1) is 4.92 Å². The zero-order chi connectivity index (χ0) is 16.8. The van der Waals surface area contributed by atoms with Gasteiger partial charge in [0, 0.05) is 12.6 Å². The van der Waals surface area contributed by atoms with E-state index in [1.165, 1.54) is 0 Å². The highest BCUT2D eigenvalue weighted by Gasteiger charge is 2.29. The molecule has 3 N–H and O–H groups in total. The van der Waals surface area contributed by atoms with E-state index in [4.69, 9.17) is 5.73 Å². The number of nitrogens with zero attached hydrogens (tertiary/aromatic N) is 1. The first-order valence-corrected chi connectivity index (χ1v) is 6.21. The van der Waals surface area contributed by atoms with Crippen LogP contribution in [0.3, 0.4) is 0 Å². The number of carbonyl (C=O) groups is 1. The van der Waals surface area contributed by atoms with Gasteiger partial charge in [0.25, 0.3) is 11.6 Å². The summed E-state index contributed by atoms with van der Waals surface area (Å²) in [6.45, 7) is -1.05. The van der Waals surface area contributed by atoms with Crippen molar-refractivity contribution in [2.45, 2.75) is 12.6 Å². The van der Waals surface area contributed by atoms with Gasteiger partial charge in [-0.15, -0.1) is 0 Å². The molecule has 0 aliphatic carbocycles. The monoisotopic (exact) mass is 321 g/mol. The van der Waals surface area contributed by atoms with Gasteiger partial charge in [-0.2, -0.15) is 13.2 Å². The van der Waals surface area contributed by atoms with Gasteiger partial charge in [0.1, 0.15) is 11.3 Å². The van der Waals surface area contributed by atoms with E-state index >= 15 is 0 Å². The van der Waals surface area contributed by atoms with E-state index in [-0.39, 0.29) is 17.9 Å². The quantitative estimate of drug-likeness (QED) is 0.451. The van der Waals surface area contributed by atoms with E-state index in [0.29, 0.717) is 13.0 Å². The average molecular weight is 321 g/mol. The number of nitro groups is 1. The van der Waals surface area contributed by atoms with Gasteiger partial charge in [0.15, 0.2) is 6.61 Å². The van der Waals surface area contributed by atoms with Crippen LogP contribution < -0.4 is 15.8 Å². The standard InChI is InChI=1S/C12H14F3N3O4/c13-12(14,15)7-22-8-2-3-10(18(20)21)9(6-8)11(19)17-5-1-4-16/h2-3,6H,1,4-5,7,16H2,(H,17,19). The first kappa shape index (κ1) is 17.7. The van der Waals surface area contributed by atoms with E-state index in [1.807, 2.05) is 0 Å². The van der Waals surface area contributed by atoms with Crippen molar-refractivity contribution in [3.05, 3.63) is 33.9 Å². The molecule has 0 aliphatic rings. The van der Waals surface area contributed by atoms with Gasteiger partial charge >= 0.3 is 6.18 Å². The Morgan fingerprint density at radius 3 is 2.64 bits per heavy atom. The third kappa shape index (κ3) is 5.56. The number of rotatable bonds is 7. The molecule has 0 aliphatic heterocycles. The lowest BCUT2D eigenvalue weighted by molar-refractivity contribution is -0.385. The van der Waals surface area contributed by atoms with Crippen molar-refractivity contribution in [1.29, 1.82) is 0 Å². The van der Waals surface area contributed by atoms with E-state index in [0.717, 1.165) is 18.2 Å². The van der Waals surface area contributed by atoms with Crippen molar-refractivity contribution in [1.82, 2.24) is 5.32 Å². The second kappa shape index (κ2) is 7.59. The number of amides is 1. The summed E-state index contributed by atoms with van der Waals surface area (Å²) in [5.41, 5.74) is 4.35. The van der Waals surface area contributed by atoms with Crippen LogP contribution in [0, 0.1) is 10.1 Å². The van der Waals surface area contributed by atoms with Crippen molar-refractivity contribution in [2.24, 2.45) is 5.73 Å². The smallest absolute Gasteiger partial charge is 0.422 e. The fourth-order valence-electron chi connectivity index (χ4n) is 1.51. The van der Waals surface area contributed by atoms with Crippen LogP contribution in [0.25, 0.3) is 0 Å². The molecule has 0 fully saturated rings. The number of halogens is 3. The Bertz CT molecular complexity index is 549. The minimum Gasteiger partial charge on any atom is -0.484 e. The molecule has 0 saturated carbocycles. The minimum atomic E-state index is -4.55. The fourth-order valence-corrected chi connectivity index (χ4v) is 1.51. The molecule has 0 unspecified atom stereocenters. The summed E-state index contributed by atoms with van der Waals surface area (Å²) in [5.74, 6) is -1.07. The molecule has 1 amide bonds. The minimum absolute atomic E-state index is 0.195. The molecule has 0 heterocycles. The summed E-state index contributed by atoms with van der Waals surface area (Å²) >= 11 is 0. The molecule has 1 aromatic carbocycles. The average Bonchev–Trinajstić information content (AvgIpc) is 2.44. The second-order valence-corrected chi connectivity index (χ2v) is 4.24. The predicted molar refractivity (Wildman–Crippen MR) is 70.7 cm³/mol. The lowest BCUT2D eigenvalue weighted by Gasteiger charge is -2.11. The Balaban J connectivity index is 2.95. The third-order valence-electron chi connectivity index (χ3n) is 2.48. The maximum atomic E-state index is 12.1. The highest BCUT2D eigenvalue weighted by Crippen LogP contribution is 2.25. The lowest BCUT2D eigenvalue weighted by Crippen LogP contribution is -2.26. The van der Waals surface area contributed by atoms with Gasteiger partial charge < -0.3 is 15.8 Å². The maximum absolute atomic E-state index is 12.1. The summed E-state index contributed by atoms with van der Waals surface area (Å²) < 4.78 is 40.7. The molecular weight excluding hydrogens is 307 g/mol. The van der Waals surface area contributed by atoms with Crippen molar-refractivity contribution in [2.75, 3.05) is 19.7 Å². The molecule has 7 nitrogen and oxygen atoms in total. The topological polar surface area (TPSA) is 107 Å². The Kier molecular flexibility index (Phi) is 6.11. The summed E-state index contributed by atoms with van der Waals surface area (Å²) in [4.78, 5) is 21.9. The number of hydrogen-bond donors (Lipinski definition) is 2. The molecule has 1 aromatic rings. The van der Waals surface area contributed by atoms with E-state index in [2.05, 4.69) is 10.1 Å². The Morgan fingerprint density at radius 2 is 2.09 bits per heavy atom. The van der Waals surface area contributed by atoms with Gasteiger partial charge in [-0.25, -0.2) is 0 Å². The van der Waals surface area contributed by atoms with Gasteiger partial charge in [0.2, 0.25) is 0 Å². The SMILES string of the molecule is NCCCNC(=O)c1cc(OCC(F)(F)F)ccc1[N+](=O)[O-]. The first-order valence-electron chi connectivity index (χ1n) is 6.21. The molecule has 0 bridgehead atoms. The van der Waals surface area contributed by atoms with Gasteiger partial charge in [-0.05, 0) is 25.1 Å². The van der Waals surface area contributed by atoms with Crippen molar-refractivity contribution < 1.29 is 27.6 Å². The molecule has 0 aromatic heterocycles. The Morgan fingerprint density at radius 1 is 1.41 bits per heavy atom. The van der Waals surface area contributed by atoms with Crippen LogP contribution in [0.4, 0.5) is 18.9 Å². The lowest BCUT2D eigenvalue weighted by atomic mass is 10.1. The Hall–Kier alpha value is -2.36. The molecule has 0 spiro atoms. The molecule has 10 heteroatoms. The molecule has 0 saturated heterocycles. The highest BCUT2D eigenvalue weighted by atomic mass is 19.4. The molecular formula is C12H14F3N3O4. The van der Waals surface area contributed by atoms with Crippen LogP contribution in [0.5, 0.6) is 5.75 Å². The van der Waals surface area contributed by atoms with E-state index in [9.17, 15) is 28.1 Å². The van der Waals surface area contributed by atoms with E-state index in [1.54, 1.807) is 0 Å². The zero-order valence-corrected chi connectivity index (χ0v) is 11.4. The molecule has 0 radical (unpaired) electrons. The zero-order valence-electron chi connectivity index (χ0n) is 11.4. The van der Waals surface area contributed by atoms with Crippen LogP contribution >= 0.6 is 0 Å². The predicted octanol–water partition coefficient (Wildman–Crippen LogP) is 1.61. The van der Waals surface area contributed by atoms with Gasteiger partial charge in [-0.1, -0.05) is 0 Å². The summed E-state index contributed by atoms with van der Waals surface area (Å²) in [7, 11) is 0. The van der Waals surface area contributed by atoms with Crippen molar-refractivity contribution >= 4 is 11.6 Å². The molecule has 1 rings (SSSR count). The van der Waals surface area contributed by atoms with Crippen LogP contribution in [0.1, 0.15) is 16.8 Å².